The summed E-state index contributed by atoms with van der Waals surface area (Å²) >= 11 is 0. The second-order valence-corrected chi connectivity index (χ2v) is 3.75. The fourth-order valence-corrected chi connectivity index (χ4v) is 1.50. The van der Waals surface area contributed by atoms with Crippen LogP contribution in [-0.2, 0) is 11.3 Å². The lowest BCUT2D eigenvalue weighted by Gasteiger charge is -2.17. The lowest BCUT2D eigenvalue weighted by atomic mass is 10.3. The predicted octanol–water partition coefficient (Wildman–Crippen LogP) is 1.18. The van der Waals surface area contributed by atoms with Crippen molar-refractivity contribution in [2.24, 2.45) is 0 Å². The molecule has 0 saturated heterocycles. The number of aromatic nitrogens is 1. The van der Waals surface area contributed by atoms with E-state index in [1.54, 1.807) is 11.8 Å². The first-order valence-corrected chi connectivity index (χ1v) is 6.12. The number of oxazole rings is 1. The summed E-state index contributed by atoms with van der Waals surface area (Å²) in [5, 5.41) is 2.63. The van der Waals surface area contributed by atoms with E-state index in [0.717, 1.165) is 0 Å². The van der Waals surface area contributed by atoms with Gasteiger partial charge in [0, 0.05) is 19.5 Å². The van der Waals surface area contributed by atoms with Gasteiger partial charge in [-0.2, -0.15) is 0 Å². The molecule has 1 heterocycles. The molecule has 2 amide bonds. The summed E-state index contributed by atoms with van der Waals surface area (Å²) in [5.41, 5.74) is 0.242. The minimum absolute atomic E-state index is 0.0373. The zero-order valence-corrected chi connectivity index (χ0v) is 11.0. The van der Waals surface area contributed by atoms with E-state index in [2.05, 4.69) is 10.3 Å². The Labute approximate surface area is 106 Å². The van der Waals surface area contributed by atoms with Gasteiger partial charge in [0.15, 0.2) is 5.69 Å². The predicted molar refractivity (Wildman–Crippen MR) is 65.9 cm³/mol. The second-order valence-electron chi connectivity index (χ2n) is 3.75. The molecule has 0 aliphatic heterocycles. The molecule has 0 unspecified atom stereocenters. The van der Waals surface area contributed by atoms with E-state index >= 15 is 0 Å². The number of hydrogen-bond acceptors (Lipinski definition) is 4. The summed E-state index contributed by atoms with van der Waals surface area (Å²) in [5.74, 6) is 0.146. The first-order valence-electron chi connectivity index (χ1n) is 6.12. The number of nitrogens with zero attached hydrogens (tertiary/aromatic N) is 2. The molecular weight excluding hydrogens is 234 g/mol. The Hall–Kier alpha value is -1.85. The zero-order valence-electron chi connectivity index (χ0n) is 11.0. The molecule has 0 atom stereocenters. The molecule has 18 heavy (non-hydrogen) atoms. The van der Waals surface area contributed by atoms with Gasteiger partial charge in [0.05, 0.1) is 6.54 Å². The molecule has 6 heteroatoms. The highest BCUT2D eigenvalue weighted by atomic mass is 16.3. The molecule has 0 fully saturated rings. The van der Waals surface area contributed by atoms with Crippen molar-refractivity contribution in [2.75, 3.05) is 13.1 Å². The average Bonchev–Trinajstić information content (AvgIpc) is 2.84. The Morgan fingerprint density at radius 3 is 2.67 bits per heavy atom. The van der Waals surface area contributed by atoms with Crippen LogP contribution in [0.1, 0.15) is 43.6 Å². The van der Waals surface area contributed by atoms with Crippen LogP contribution in [0.3, 0.4) is 0 Å². The van der Waals surface area contributed by atoms with E-state index in [1.165, 1.54) is 6.26 Å². The third kappa shape index (κ3) is 3.58. The van der Waals surface area contributed by atoms with Crippen LogP contribution in [0.5, 0.6) is 0 Å². The first kappa shape index (κ1) is 14.2. The van der Waals surface area contributed by atoms with E-state index in [1.807, 2.05) is 13.8 Å². The van der Waals surface area contributed by atoms with Gasteiger partial charge in [-0.3, -0.25) is 9.59 Å². The van der Waals surface area contributed by atoms with E-state index in [-0.39, 0.29) is 17.5 Å². The van der Waals surface area contributed by atoms with Crippen LogP contribution in [0.15, 0.2) is 10.7 Å². The van der Waals surface area contributed by atoms with E-state index in [9.17, 15) is 9.59 Å². The van der Waals surface area contributed by atoms with Crippen molar-refractivity contribution in [1.82, 2.24) is 15.2 Å². The quantitative estimate of drug-likeness (QED) is 0.826. The number of carbonyl (C=O) groups is 2. The third-order valence-electron chi connectivity index (χ3n) is 2.48. The normalized spacial score (nSPS) is 10.2. The molecule has 0 aromatic carbocycles. The number of carbonyl (C=O) groups excluding carboxylic acids is 2. The monoisotopic (exact) mass is 253 g/mol. The highest BCUT2D eigenvalue weighted by molar-refractivity contribution is 5.91. The van der Waals surface area contributed by atoms with Crippen LogP contribution in [0.25, 0.3) is 0 Å². The maximum absolute atomic E-state index is 11.6. The van der Waals surface area contributed by atoms with Crippen LogP contribution in [0.4, 0.5) is 0 Å². The van der Waals surface area contributed by atoms with Crippen molar-refractivity contribution in [2.45, 2.75) is 33.7 Å². The molecule has 1 aromatic heterocycles. The summed E-state index contributed by atoms with van der Waals surface area (Å²) in [7, 11) is 0. The summed E-state index contributed by atoms with van der Waals surface area (Å²) in [6.07, 6.45) is 1.75. The molecule has 0 radical (unpaired) electrons. The van der Waals surface area contributed by atoms with Gasteiger partial charge < -0.3 is 14.6 Å². The summed E-state index contributed by atoms with van der Waals surface area (Å²) in [6, 6.07) is 0. The van der Waals surface area contributed by atoms with Gasteiger partial charge in [-0.1, -0.05) is 6.92 Å². The highest BCUT2D eigenvalue weighted by Gasteiger charge is 2.15. The summed E-state index contributed by atoms with van der Waals surface area (Å²) < 4.78 is 5.19. The molecule has 100 valence electrons. The number of amides is 2. The van der Waals surface area contributed by atoms with Gasteiger partial charge in [-0.05, 0) is 13.8 Å². The molecule has 1 aromatic rings. The molecule has 0 aliphatic rings. The molecule has 6 nitrogen and oxygen atoms in total. The van der Waals surface area contributed by atoms with Crippen molar-refractivity contribution in [3.8, 4) is 0 Å². The first-order chi connectivity index (χ1) is 8.62. The Bertz CT molecular complexity index is 414. The minimum atomic E-state index is -0.266. The summed E-state index contributed by atoms with van der Waals surface area (Å²) in [6.45, 7) is 6.95. The van der Waals surface area contributed by atoms with Crippen molar-refractivity contribution in [1.29, 1.82) is 0 Å². The van der Waals surface area contributed by atoms with E-state index in [4.69, 9.17) is 4.42 Å². The van der Waals surface area contributed by atoms with Gasteiger partial charge in [0.25, 0.3) is 5.91 Å². The van der Waals surface area contributed by atoms with Crippen LogP contribution in [0, 0.1) is 0 Å². The lowest BCUT2D eigenvalue weighted by molar-refractivity contribution is -0.131. The van der Waals surface area contributed by atoms with Crippen molar-refractivity contribution < 1.29 is 14.0 Å². The third-order valence-corrected chi connectivity index (χ3v) is 2.48. The van der Waals surface area contributed by atoms with E-state index in [0.29, 0.717) is 31.9 Å². The topological polar surface area (TPSA) is 75.4 Å². The fraction of sp³-hybridized carbons (Fsp3) is 0.583. The molecule has 0 bridgehead atoms. The van der Waals surface area contributed by atoms with Crippen LogP contribution in [0.2, 0.25) is 0 Å². The molecule has 0 spiro atoms. The van der Waals surface area contributed by atoms with Crippen molar-refractivity contribution in [3.05, 3.63) is 17.8 Å². The second kappa shape index (κ2) is 6.78. The van der Waals surface area contributed by atoms with Gasteiger partial charge >= 0.3 is 0 Å². The molecule has 0 aliphatic carbocycles. The Kier molecular flexibility index (Phi) is 5.35. The SMILES string of the molecule is CCNC(=O)c1coc(CN(CC)C(=O)CC)n1. The largest absolute Gasteiger partial charge is 0.446 e. The number of hydrogen-bond donors (Lipinski definition) is 1. The molecule has 1 N–H and O–H groups in total. The van der Waals surface area contributed by atoms with Gasteiger partial charge in [0.1, 0.15) is 6.26 Å². The fourth-order valence-electron chi connectivity index (χ4n) is 1.50. The Balaban J connectivity index is 2.68. The molecule has 0 saturated carbocycles. The number of rotatable bonds is 6. The molecule has 1 rings (SSSR count). The van der Waals surface area contributed by atoms with Crippen LogP contribution < -0.4 is 5.32 Å². The highest BCUT2D eigenvalue weighted by Crippen LogP contribution is 2.07. The van der Waals surface area contributed by atoms with E-state index < -0.39 is 0 Å². The average molecular weight is 253 g/mol. The number of nitrogens with one attached hydrogen (secondary N) is 1. The summed E-state index contributed by atoms with van der Waals surface area (Å²) in [4.78, 5) is 28.7. The van der Waals surface area contributed by atoms with Crippen LogP contribution in [-0.4, -0.2) is 34.8 Å². The van der Waals surface area contributed by atoms with Gasteiger partial charge in [-0.25, -0.2) is 4.98 Å². The van der Waals surface area contributed by atoms with Crippen LogP contribution >= 0.6 is 0 Å². The lowest BCUT2D eigenvalue weighted by Crippen LogP contribution is -2.29. The van der Waals surface area contributed by atoms with Gasteiger partial charge in [-0.15, -0.1) is 0 Å². The smallest absolute Gasteiger partial charge is 0.273 e. The maximum Gasteiger partial charge on any atom is 0.273 e. The Morgan fingerprint density at radius 1 is 1.39 bits per heavy atom. The van der Waals surface area contributed by atoms with Crippen molar-refractivity contribution >= 4 is 11.8 Å². The zero-order chi connectivity index (χ0) is 13.5. The Morgan fingerprint density at radius 2 is 2.11 bits per heavy atom. The van der Waals surface area contributed by atoms with Gasteiger partial charge in [0.2, 0.25) is 11.8 Å². The maximum atomic E-state index is 11.6. The van der Waals surface area contributed by atoms with Crippen molar-refractivity contribution in [3.63, 3.8) is 0 Å². The minimum Gasteiger partial charge on any atom is -0.446 e. The molecular formula is C12H19N3O3. The standard InChI is InChI=1S/C12H19N3O3/c1-4-11(16)15(6-3)7-10-14-9(8-18-10)12(17)13-5-2/h8H,4-7H2,1-3H3,(H,13,17).